The van der Waals surface area contributed by atoms with Crippen molar-refractivity contribution in [3.05, 3.63) is 29.8 Å². The fraction of sp³-hybridized carbons (Fsp3) is 0.529. The van der Waals surface area contributed by atoms with Gasteiger partial charge in [0.2, 0.25) is 0 Å². The molecule has 2 atom stereocenters. The largest absolute Gasteiger partial charge is 0.508 e. The maximum atomic E-state index is 12.5. The van der Waals surface area contributed by atoms with Gasteiger partial charge in [0.05, 0.1) is 6.10 Å². The van der Waals surface area contributed by atoms with Crippen molar-refractivity contribution in [3.63, 3.8) is 0 Å². The minimum Gasteiger partial charge on any atom is -0.508 e. The first-order chi connectivity index (χ1) is 11.6. The first kappa shape index (κ1) is 16.7. The number of nitrogens with two attached hydrogens (primary N) is 1. The van der Waals surface area contributed by atoms with Gasteiger partial charge in [-0.1, -0.05) is 0 Å². The topological polar surface area (TPSA) is 96.1 Å². The van der Waals surface area contributed by atoms with Gasteiger partial charge >= 0.3 is 0 Å². The van der Waals surface area contributed by atoms with Crippen LogP contribution >= 0.6 is 0 Å². The molecule has 0 spiro atoms. The molecule has 2 aliphatic heterocycles. The van der Waals surface area contributed by atoms with E-state index in [4.69, 9.17) is 10.5 Å². The first-order valence-corrected chi connectivity index (χ1v) is 8.31. The zero-order chi connectivity index (χ0) is 17.1. The van der Waals surface area contributed by atoms with E-state index in [0.29, 0.717) is 44.7 Å². The summed E-state index contributed by atoms with van der Waals surface area (Å²) in [5, 5.41) is 9.30. The van der Waals surface area contributed by atoms with Crippen LogP contribution < -0.4 is 5.73 Å². The zero-order valence-electron chi connectivity index (χ0n) is 13.6. The van der Waals surface area contributed by atoms with E-state index < -0.39 is 6.10 Å². The van der Waals surface area contributed by atoms with Crippen LogP contribution in [0.2, 0.25) is 0 Å². The van der Waals surface area contributed by atoms with Crippen molar-refractivity contribution in [2.75, 3.05) is 32.7 Å². The summed E-state index contributed by atoms with van der Waals surface area (Å²) < 4.78 is 5.66. The van der Waals surface area contributed by atoms with E-state index in [1.165, 1.54) is 12.1 Å². The molecular formula is C17H23N3O4. The van der Waals surface area contributed by atoms with Gasteiger partial charge in [-0.15, -0.1) is 0 Å². The van der Waals surface area contributed by atoms with Crippen LogP contribution in [-0.4, -0.2) is 71.7 Å². The van der Waals surface area contributed by atoms with Crippen molar-refractivity contribution in [3.8, 4) is 5.75 Å². The van der Waals surface area contributed by atoms with Crippen molar-refractivity contribution in [2.45, 2.75) is 25.0 Å². The molecule has 2 heterocycles. The summed E-state index contributed by atoms with van der Waals surface area (Å²) in [7, 11) is 0. The third-order valence-electron chi connectivity index (χ3n) is 4.64. The van der Waals surface area contributed by atoms with Crippen LogP contribution in [0, 0.1) is 0 Å². The van der Waals surface area contributed by atoms with Crippen LogP contribution in [0.1, 0.15) is 23.2 Å². The van der Waals surface area contributed by atoms with Crippen LogP contribution in [0.5, 0.6) is 5.75 Å². The van der Waals surface area contributed by atoms with Crippen molar-refractivity contribution in [2.24, 2.45) is 5.73 Å². The summed E-state index contributed by atoms with van der Waals surface area (Å²) in [5.74, 6) is 0.0550. The van der Waals surface area contributed by atoms with E-state index in [2.05, 4.69) is 0 Å². The summed E-state index contributed by atoms with van der Waals surface area (Å²) in [4.78, 5) is 28.4. The molecule has 0 aromatic heterocycles. The zero-order valence-corrected chi connectivity index (χ0v) is 13.6. The van der Waals surface area contributed by atoms with Gasteiger partial charge in [0.25, 0.3) is 11.8 Å². The Balaban J connectivity index is 1.53. The number of carbonyl (C=O) groups is 2. The highest BCUT2D eigenvalue weighted by atomic mass is 16.5. The Hall–Kier alpha value is -2.12. The number of rotatable bonds is 3. The molecule has 7 heteroatoms. The number of amides is 2. The molecule has 0 radical (unpaired) electrons. The number of piperazine rings is 1. The van der Waals surface area contributed by atoms with Gasteiger partial charge in [0.15, 0.2) is 0 Å². The number of nitrogens with zero attached hydrogens (tertiary/aromatic N) is 2. The molecule has 130 valence electrons. The predicted octanol–water partition coefficient (Wildman–Crippen LogP) is 0.183. The number of ether oxygens (including phenoxy) is 1. The third kappa shape index (κ3) is 3.52. The minimum absolute atomic E-state index is 0.00248. The first-order valence-electron chi connectivity index (χ1n) is 8.31. The fourth-order valence-corrected chi connectivity index (χ4v) is 3.18. The fourth-order valence-electron chi connectivity index (χ4n) is 3.18. The Morgan fingerprint density at radius 1 is 1.08 bits per heavy atom. The monoisotopic (exact) mass is 333 g/mol. The van der Waals surface area contributed by atoms with Crippen LogP contribution in [0.25, 0.3) is 0 Å². The third-order valence-corrected chi connectivity index (χ3v) is 4.64. The van der Waals surface area contributed by atoms with Crippen molar-refractivity contribution in [1.82, 2.24) is 9.80 Å². The standard InChI is InChI=1S/C17H23N3O4/c18-11-14-5-6-15(24-14)17(23)20-9-7-19(8-10-20)16(22)12-1-3-13(21)4-2-12/h1-4,14-15,21H,5-11,18H2/t14-,15+/m1/s1. The lowest BCUT2D eigenvalue weighted by molar-refractivity contribution is -0.144. The minimum atomic E-state index is -0.391. The molecule has 0 unspecified atom stereocenters. The van der Waals surface area contributed by atoms with Gasteiger partial charge < -0.3 is 25.4 Å². The lowest BCUT2D eigenvalue weighted by atomic mass is 10.1. The van der Waals surface area contributed by atoms with Crippen molar-refractivity contribution in [1.29, 1.82) is 0 Å². The lowest BCUT2D eigenvalue weighted by Crippen LogP contribution is -2.53. The molecule has 2 amide bonds. The van der Waals surface area contributed by atoms with Crippen LogP contribution in [0.15, 0.2) is 24.3 Å². The van der Waals surface area contributed by atoms with E-state index in [1.807, 2.05) is 0 Å². The maximum absolute atomic E-state index is 12.5. The van der Waals surface area contributed by atoms with Gasteiger partial charge in [0, 0.05) is 38.3 Å². The quantitative estimate of drug-likeness (QED) is 0.823. The van der Waals surface area contributed by atoms with Crippen LogP contribution in [0.3, 0.4) is 0 Å². The average molecular weight is 333 g/mol. The van der Waals surface area contributed by atoms with E-state index in [1.54, 1.807) is 21.9 Å². The molecule has 0 bridgehead atoms. The molecule has 24 heavy (non-hydrogen) atoms. The summed E-state index contributed by atoms with van der Waals surface area (Å²) in [6.07, 6.45) is 1.13. The van der Waals surface area contributed by atoms with E-state index in [9.17, 15) is 14.7 Å². The highest BCUT2D eigenvalue weighted by molar-refractivity contribution is 5.94. The molecule has 7 nitrogen and oxygen atoms in total. The van der Waals surface area contributed by atoms with Gasteiger partial charge in [-0.25, -0.2) is 0 Å². The summed E-state index contributed by atoms with van der Waals surface area (Å²) in [5.41, 5.74) is 6.12. The Bertz CT molecular complexity index is 596. The smallest absolute Gasteiger partial charge is 0.253 e. The number of aromatic hydroxyl groups is 1. The van der Waals surface area contributed by atoms with E-state index in [0.717, 1.165) is 6.42 Å². The van der Waals surface area contributed by atoms with Gasteiger partial charge in [-0.05, 0) is 37.1 Å². The molecule has 2 saturated heterocycles. The number of phenolic OH excluding ortho intramolecular Hbond substituents is 1. The summed E-state index contributed by atoms with van der Waals surface area (Å²) in [6, 6.07) is 6.21. The second-order valence-corrected chi connectivity index (χ2v) is 6.22. The number of hydrogen-bond donors (Lipinski definition) is 2. The second-order valence-electron chi connectivity index (χ2n) is 6.22. The number of carbonyl (C=O) groups excluding carboxylic acids is 2. The van der Waals surface area contributed by atoms with Gasteiger partial charge in [0.1, 0.15) is 11.9 Å². The van der Waals surface area contributed by atoms with Gasteiger partial charge in [-0.2, -0.15) is 0 Å². The lowest BCUT2D eigenvalue weighted by Gasteiger charge is -2.35. The molecule has 0 saturated carbocycles. The Morgan fingerprint density at radius 3 is 2.29 bits per heavy atom. The second kappa shape index (κ2) is 7.19. The Morgan fingerprint density at radius 2 is 1.71 bits per heavy atom. The summed E-state index contributed by atoms with van der Waals surface area (Å²) in [6.45, 7) is 2.46. The van der Waals surface area contributed by atoms with E-state index in [-0.39, 0.29) is 23.7 Å². The molecule has 3 rings (SSSR count). The average Bonchev–Trinajstić information content (AvgIpc) is 3.10. The Kier molecular flexibility index (Phi) is 5.01. The normalized spacial score (nSPS) is 24.2. The van der Waals surface area contributed by atoms with Crippen molar-refractivity contribution >= 4 is 11.8 Å². The molecule has 3 N–H and O–H groups in total. The molecule has 2 aliphatic rings. The molecular weight excluding hydrogens is 310 g/mol. The number of phenols is 1. The highest BCUT2D eigenvalue weighted by Gasteiger charge is 2.34. The Labute approximate surface area is 141 Å². The molecule has 1 aromatic rings. The highest BCUT2D eigenvalue weighted by Crippen LogP contribution is 2.21. The van der Waals surface area contributed by atoms with Gasteiger partial charge in [-0.3, -0.25) is 9.59 Å². The van der Waals surface area contributed by atoms with Crippen LogP contribution in [0.4, 0.5) is 0 Å². The number of benzene rings is 1. The maximum Gasteiger partial charge on any atom is 0.253 e. The summed E-state index contributed by atoms with van der Waals surface area (Å²) >= 11 is 0. The molecule has 0 aliphatic carbocycles. The molecule has 1 aromatic carbocycles. The number of hydrogen-bond acceptors (Lipinski definition) is 5. The SMILES string of the molecule is NC[C@H]1CC[C@@H](C(=O)N2CCN(C(=O)c3ccc(O)cc3)CC2)O1. The molecule has 2 fully saturated rings. The predicted molar refractivity (Wildman–Crippen MR) is 87.5 cm³/mol. The van der Waals surface area contributed by atoms with E-state index >= 15 is 0 Å². The van der Waals surface area contributed by atoms with Crippen LogP contribution in [-0.2, 0) is 9.53 Å². The van der Waals surface area contributed by atoms with Crippen molar-refractivity contribution < 1.29 is 19.4 Å².